The zero-order valence-electron chi connectivity index (χ0n) is 12.6. The van der Waals surface area contributed by atoms with Crippen molar-refractivity contribution >= 4 is 17.6 Å². The third kappa shape index (κ3) is 3.18. The number of likely N-dealkylation sites (tertiary alicyclic amines) is 1. The van der Waals surface area contributed by atoms with Crippen LogP contribution in [0.15, 0.2) is 42.7 Å². The van der Waals surface area contributed by atoms with E-state index in [1.54, 1.807) is 41.0 Å². The van der Waals surface area contributed by atoms with Crippen LogP contribution < -0.4 is 10.6 Å². The standard InChI is InChI=1S/C16H17FN4O2/c1-20-9-6-13(15(20)22)19-16(23)18-11-4-5-12(17)14(10-11)21-7-2-3-8-21/h2-5,7-8,10,13H,6,9H2,1H3,(H2,18,19,23). The third-order valence-corrected chi connectivity index (χ3v) is 3.82. The molecular weight excluding hydrogens is 299 g/mol. The van der Waals surface area contributed by atoms with E-state index in [4.69, 9.17) is 0 Å². The summed E-state index contributed by atoms with van der Waals surface area (Å²) >= 11 is 0. The number of likely N-dealkylation sites (N-methyl/N-ethyl adjacent to an activating group) is 1. The molecule has 1 saturated heterocycles. The predicted molar refractivity (Wildman–Crippen MR) is 83.9 cm³/mol. The van der Waals surface area contributed by atoms with Gasteiger partial charge < -0.3 is 20.1 Å². The van der Waals surface area contributed by atoms with Crippen LogP contribution in [-0.2, 0) is 4.79 Å². The number of carbonyl (C=O) groups excluding carboxylic acids is 2. The van der Waals surface area contributed by atoms with Crippen molar-refractivity contribution in [3.8, 4) is 5.69 Å². The van der Waals surface area contributed by atoms with Crippen LogP contribution in [0.5, 0.6) is 0 Å². The number of carbonyl (C=O) groups is 2. The van der Waals surface area contributed by atoms with Crippen molar-refractivity contribution in [3.63, 3.8) is 0 Å². The van der Waals surface area contributed by atoms with Crippen LogP contribution in [0, 0.1) is 5.82 Å². The molecule has 3 rings (SSSR count). The highest BCUT2D eigenvalue weighted by atomic mass is 19.1. The molecule has 1 fully saturated rings. The first-order valence-electron chi connectivity index (χ1n) is 7.30. The van der Waals surface area contributed by atoms with E-state index < -0.39 is 12.1 Å². The highest BCUT2D eigenvalue weighted by Crippen LogP contribution is 2.19. The summed E-state index contributed by atoms with van der Waals surface area (Å²) in [7, 11) is 1.70. The summed E-state index contributed by atoms with van der Waals surface area (Å²) < 4.78 is 15.5. The van der Waals surface area contributed by atoms with Crippen molar-refractivity contribution in [2.45, 2.75) is 12.5 Å². The lowest BCUT2D eigenvalue weighted by molar-refractivity contribution is -0.128. The van der Waals surface area contributed by atoms with Gasteiger partial charge in [0.2, 0.25) is 5.91 Å². The monoisotopic (exact) mass is 316 g/mol. The number of rotatable bonds is 3. The summed E-state index contributed by atoms with van der Waals surface area (Å²) in [6.07, 6.45) is 4.02. The van der Waals surface area contributed by atoms with E-state index in [2.05, 4.69) is 10.6 Å². The lowest BCUT2D eigenvalue weighted by Gasteiger charge is -2.14. The fourth-order valence-corrected chi connectivity index (χ4v) is 2.57. The zero-order valence-corrected chi connectivity index (χ0v) is 12.6. The quantitative estimate of drug-likeness (QED) is 0.909. The number of anilines is 1. The largest absolute Gasteiger partial charge is 0.344 e. The predicted octanol–water partition coefficient (Wildman–Crippen LogP) is 1.97. The molecule has 0 radical (unpaired) electrons. The molecule has 2 heterocycles. The van der Waals surface area contributed by atoms with Gasteiger partial charge in [0.05, 0.1) is 5.69 Å². The minimum absolute atomic E-state index is 0.104. The molecule has 1 atom stereocenters. The van der Waals surface area contributed by atoms with Crippen LogP contribution in [0.1, 0.15) is 6.42 Å². The molecule has 2 aromatic rings. The van der Waals surface area contributed by atoms with Gasteiger partial charge in [-0.3, -0.25) is 4.79 Å². The number of urea groups is 1. The Balaban J connectivity index is 1.69. The Morgan fingerprint density at radius 2 is 2.04 bits per heavy atom. The van der Waals surface area contributed by atoms with Gasteiger partial charge >= 0.3 is 6.03 Å². The minimum Gasteiger partial charge on any atom is -0.344 e. The summed E-state index contributed by atoms with van der Waals surface area (Å²) in [4.78, 5) is 25.4. The molecule has 6 nitrogen and oxygen atoms in total. The molecule has 1 aromatic heterocycles. The second-order valence-electron chi connectivity index (χ2n) is 5.46. The molecule has 0 aliphatic carbocycles. The molecule has 1 unspecified atom stereocenters. The van der Waals surface area contributed by atoms with Gasteiger partial charge in [-0.2, -0.15) is 0 Å². The number of hydrogen-bond acceptors (Lipinski definition) is 2. The Kier molecular flexibility index (Phi) is 4.01. The summed E-state index contributed by atoms with van der Waals surface area (Å²) in [5.41, 5.74) is 0.788. The molecule has 1 aliphatic rings. The average molecular weight is 316 g/mol. The maximum Gasteiger partial charge on any atom is 0.319 e. The lowest BCUT2D eigenvalue weighted by atomic mass is 10.2. The van der Waals surface area contributed by atoms with Gasteiger partial charge in [-0.15, -0.1) is 0 Å². The van der Waals surface area contributed by atoms with Crippen molar-refractivity contribution in [2.24, 2.45) is 0 Å². The zero-order chi connectivity index (χ0) is 16.4. The number of benzene rings is 1. The molecule has 1 aliphatic heterocycles. The number of nitrogens with zero attached hydrogens (tertiary/aromatic N) is 2. The van der Waals surface area contributed by atoms with Crippen molar-refractivity contribution in [1.29, 1.82) is 0 Å². The molecule has 0 bridgehead atoms. The molecule has 2 N–H and O–H groups in total. The molecule has 1 aromatic carbocycles. The minimum atomic E-state index is -0.510. The molecule has 0 spiro atoms. The van der Waals surface area contributed by atoms with Crippen LogP contribution in [0.4, 0.5) is 14.9 Å². The van der Waals surface area contributed by atoms with Crippen LogP contribution in [0.2, 0.25) is 0 Å². The number of nitrogens with one attached hydrogen (secondary N) is 2. The first-order chi connectivity index (χ1) is 11.0. The van der Waals surface area contributed by atoms with Crippen LogP contribution in [0.3, 0.4) is 0 Å². The Morgan fingerprint density at radius 1 is 1.30 bits per heavy atom. The molecule has 120 valence electrons. The lowest BCUT2D eigenvalue weighted by Crippen LogP contribution is -2.42. The van der Waals surface area contributed by atoms with Gasteiger partial charge in [0.1, 0.15) is 11.9 Å². The van der Waals surface area contributed by atoms with Gasteiger partial charge in [-0.25, -0.2) is 9.18 Å². The molecule has 0 saturated carbocycles. The number of aromatic nitrogens is 1. The Labute approximate surface area is 132 Å². The number of amides is 3. The fraction of sp³-hybridized carbons (Fsp3) is 0.250. The fourth-order valence-electron chi connectivity index (χ4n) is 2.57. The van der Waals surface area contributed by atoms with E-state index in [0.29, 0.717) is 24.3 Å². The number of hydrogen-bond donors (Lipinski definition) is 2. The normalized spacial score (nSPS) is 17.4. The van der Waals surface area contributed by atoms with E-state index in [1.165, 1.54) is 18.2 Å². The molecule has 3 amide bonds. The van der Waals surface area contributed by atoms with Crippen LogP contribution >= 0.6 is 0 Å². The average Bonchev–Trinajstić information content (AvgIpc) is 3.15. The van der Waals surface area contributed by atoms with Crippen molar-refractivity contribution in [2.75, 3.05) is 18.9 Å². The number of halogens is 1. The Bertz CT molecular complexity index is 730. The van der Waals surface area contributed by atoms with E-state index in [9.17, 15) is 14.0 Å². The van der Waals surface area contributed by atoms with Crippen molar-refractivity contribution < 1.29 is 14.0 Å². The van der Waals surface area contributed by atoms with Gasteiger partial charge in [0, 0.05) is 31.7 Å². The molecular formula is C16H17FN4O2. The summed E-state index contributed by atoms with van der Waals surface area (Å²) in [5, 5.41) is 5.27. The smallest absolute Gasteiger partial charge is 0.319 e. The van der Waals surface area contributed by atoms with Gasteiger partial charge in [0.15, 0.2) is 0 Å². The maximum atomic E-state index is 13.9. The van der Waals surface area contributed by atoms with Gasteiger partial charge in [-0.1, -0.05) is 0 Å². The SMILES string of the molecule is CN1CCC(NC(=O)Nc2ccc(F)c(-n3cccc3)c2)C1=O. The van der Waals surface area contributed by atoms with Crippen molar-refractivity contribution in [1.82, 2.24) is 14.8 Å². The molecule has 23 heavy (non-hydrogen) atoms. The second kappa shape index (κ2) is 6.12. The third-order valence-electron chi connectivity index (χ3n) is 3.82. The second-order valence-corrected chi connectivity index (χ2v) is 5.46. The van der Waals surface area contributed by atoms with E-state index in [1.807, 2.05) is 0 Å². The Morgan fingerprint density at radius 3 is 2.70 bits per heavy atom. The first kappa shape index (κ1) is 15.1. The van der Waals surface area contributed by atoms with Crippen LogP contribution in [0.25, 0.3) is 5.69 Å². The topological polar surface area (TPSA) is 66.4 Å². The maximum absolute atomic E-state index is 13.9. The van der Waals surface area contributed by atoms with Crippen LogP contribution in [-0.4, -0.2) is 41.0 Å². The summed E-state index contributed by atoms with van der Waals surface area (Å²) in [5.74, 6) is -0.493. The van der Waals surface area contributed by atoms with Gasteiger partial charge in [0.25, 0.3) is 0 Å². The van der Waals surface area contributed by atoms with E-state index in [0.717, 1.165) is 0 Å². The highest BCUT2D eigenvalue weighted by molar-refractivity contribution is 5.94. The highest BCUT2D eigenvalue weighted by Gasteiger charge is 2.30. The van der Waals surface area contributed by atoms with E-state index in [-0.39, 0.29) is 11.7 Å². The van der Waals surface area contributed by atoms with Crippen molar-refractivity contribution in [3.05, 3.63) is 48.5 Å². The van der Waals surface area contributed by atoms with E-state index >= 15 is 0 Å². The molecule has 7 heteroatoms. The summed E-state index contributed by atoms with van der Waals surface area (Å²) in [6, 6.07) is 6.89. The first-order valence-corrected chi connectivity index (χ1v) is 7.30. The summed E-state index contributed by atoms with van der Waals surface area (Å²) in [6.45, 7) is 0.623. The Hall–Kier alpha value is -2.83. The van der Waals surface area contributed by atoms with Gasteiger partial charge in [-0.05, 0) is 36.8 Å².